The van der Waals surface area contributed by atoms with Crippen LogP contribution in [-0.4, -0.2) is 21.3 Å². The van der Waals surface area contributed by atoms with E-state index in [-0.39, 0.29) is 23.4 Å². The van der Waals surface area contributed by atoms with Crippen LogP contribution in [0.4, 0.5) is 0 Å². The molecule has 1 rings (SSSR count). The summed E-state index contributed by atoms with van der Waals surface area (Å²) >= 11 is 0. The maximum absolute atomic E-state index is 10.5. The quantitative estimate of drug-likeness (QED) is 0.404. The molecule has 0 aromatic heterocycles. The van der Waals surface area contributed by atoms with Gasteiger partial charge < -0.3 is 15.3 Å². The largest absolute Gasteiger partial charge is 0.508 e. The molecule has 0 saturated carbocycles. The van der Waals surface area contributed by atoms with Gasteiger partial charge in [0.15, 0.2) is 6.10 Å². The second-order valence-corrected chi connectivity index (χ2v) is 3.02. The number of carboxylic acids is 1. The van der Waals surface area contributed by atoms with Crippen LogP contribution in [0.1, 0.15) is 17.2 Å². The Morgan fingerprint density at radius 1 is 1.56 bits per heavy atom. The zero-order valence-corrected chi connectivity index (χ0v) is 8.11. The van der Waals surface area contributed by atoms with Crippen LogP contribution in [-0.2, 0) is 11.3 Å². The summed E-state index contributed by atoms with van der Waals surface area (Å²) < 4.78 is 0. The Balaban J connectivity index is 3.06. The van der Waals surface area contributed by atoms with Crippen LogP contribution in [0.15, 0.2) is 23.3 Å². The number of aromatic hydroxyl groups is 1. The summed E-state index contributed by atoms with van der Waals surface area (Å²) in [5, 5.41) is 30.4. The third-order valence-corrected chi connectivity index (χ3v) is 1.96. The van der Waals surface area contributed by atoms with Gasteiger partial charge in [0.25, 0.3) is 0 Å². The standard InChI is InChI=1S/C9H9N3O4/c10-12-11-4-6-3-5(1-2-7(6)13)8(14)9(15)16/h1-3,8,13-14H,4H2,(H,15,16). The van der Waals surface area contributed by atoms with Gasteiger partial charge >= 0.3 is 5.97 Å². The van der Waals surface area contributed by atoms with E-state index in [9.17, 15) is 15.0 Å². The molecular weight excluding hydrogens is 214 g/mol. The van der Waals surface area contributed by atoms with Crippen LogP contribution >= 0.6 is 0 Å². The molecule has 0 spiro atoms. The molecule has 0 aliphatic rings. The van der Waals surface area contributed by atoms with Gasteiger partial charge in [0, 0.05) is 10.5 Å². The molecule has 0 bridgehead atoms. The van der Waals surface area contributed by atoms with Crippen molar-refractivity contribution in [2.75, 3.05) is 0 Å². The maximum Gasteiger partial charge on any atom is 0.337 e. The van der Waals surface area contributed by atoms with Crippen molar-refractivity contribution in [1.82, 2.24) is 0 Å². The number of carboxylic acid groups (broad SMARTS) is 1. The molecule has 0 radical (unpaired) electrons. The summed E-state index contributed by atoms with van der Waals surface area (Å²) in [5.41, 5.74) is 8.50. The lowest BCUT2D eigenvalue weighted by Crippen LogP contribution is -2.10. The fourth-order valence-corrected chi connectivity index (χ4v) is 1.15. The fourth-order valence-electron chi connectivity index (χ4n) is 1.15. The van der Waals surface area contributed by atoms with Gasteiger partial charge in [-0.3, -0.25) is 0 Å². The molecule has 7 nitrogen and oxygen atoms in total. The highest BCUT2D eigenvalue weighted by Gasteiger charge is 2.16. The van der Waals surface area contributed by atoms with Crippen molar-refractivity contribution in [2.24, 2.45) is 5.11 Å². The predicted octanol–water partition coefficient (Wildman–Crippen LogP) is 1.32. The average molecular weight is 223 g/mol. The predicted molar refractivity (Wildman–Crippen MR) is 53.6 cm³/mol. The van der Waals surface area contributed by atoms with E-state index in [0.717, 1.165) is 0 Å². The van der Waals surface area contributed by atoms with Gasteiger partial charge in [0.2, 0.25) is 0 Å². The van der Waals surface area contributed by atoms with Crippen molar-refractivity contribution in [1.29, 1.82) is 0 Å². The molecule has 1 aromatic carbocycles. The third-order valence-electron chi connectivity index (χ3n) is 1.96. The van der Waals surface area contributed by atoms with Crippen LogP contribution in [0.2, 0.25) is 0 Å². The lowest BCUT2D eigenvalue weighted by molar-refractivity contribution is -0.146. The third kappa shape index (κ3) is 2.63. The van der Waals surface area contributed by atoms with E-state index >= 15 is 0 Å². The van der Waals surface area contributed by atoms with Gasteiger partial charge in [-0.1, -0.05) is 11.2 Å². The Labute approximate surface area is 90.2 Å². The van der Waals surface area contributed by atoms with Crippen LogP contribution in [0.5, 0.6) is 5.75 Å². The van der Waals surface area contributed by atoms with Crippen molar-refractivity contribution in [3.05, 3.63) is 39.8 Å². The Morgan fingerprint density at radius 3 is 2.81 bits per heavy atom. The Kier molecular flexibility index (Phi) is 3.71. The van der Waals surface area contributed by atoms with Gasteiger partial charge in [-0.2, -0.15) is 0 Å². The maximum atomic E-state index is 10.5. The first kappa shape index (κ1) is 11.8. The minimum absolute atomic E-state index is 0.109. The summed E-state index contributed by atoms with van der Waals surface area (Å²) in [7, 11) is 0. The topological polar surface area (TPSA) is 127 Å². The van der Waals surface area contributed by atoms with Crippen molar-refractivity contribution in [3.63, 3.8) is 0 Å². The molecule has 0 saturated heterocycles. The number of carbonyl (C=O) groups is 1. The normalized spacial score (nSPS) is 11.6. The van der Waals surface area contributed by atoms with E-state index in [1.54, 1.807) is 0 Å². The monoisotopic (exact) mass is 223 g/mol. The van der Waals surface area contributed by atoms with Crippen LogP contribution in [0.3, 0.4) is 0 Å². The molecule has 16 heavy (non-hydrogen) atoms. The number of hydrogen-bond donors (Lipinski definition) is 3. The van der Waals surface area contributed by atoms with Gasteiger partial charge in [0.05, 0.1) is 6.54 Å². The molecule has 7 heteroatoms. The number of azide groups is 1. The molecule has 3 N–H and O–H groups in total. The zero-order chi connectivity index (χ0) is 12.1. The molecular formula is C9H9N3O4. The van der Waals surface area contributed by atoms with E-state index in [4.69, 9.17) is 10.6 Å². The summed E-state index contributed by atoms with van der Waals surface area (Å²) in [6, 6.07) is 3.81. The number of phenols is 1. The molecule has 0 fully saturated rings. The van der Waals surface area contributed by atoms with Crippen LogP contribution < -0.4 is 0 Å². The number of rotatable bonds is 4. The highest BCUT2D eigenvalue weighted by atomic mass is 16.4. The van der Waals surface area contributed by atoms with Crippen molar-refractivity contribution in [3.8, 4) is 5.75 Å². The van der Waals surface area contributed by atoms with E-state index in [0.29, 0.717) is 0 Å². The van der Waals surface area contributed by atoms with Crippen LogP contribution in [0, 0.1) is 0 Å². The van der Waals surface area contributed by atoms with E-state index in [1.165, 1.54) is 18.2 Å². The molecule has 0 heterocycles. The smallest absolute Gasteiger partial charge is 0.337 e. The number of nitrogens with zero attached hydrogens (tertiary/aromatic N) is 3. The summed E-state index contributed by atoms with van der Waals surface area (Å²) in [4.78, 5) is 13.0. The number of benzene rings is 1. The number of aliphatic hydroxyl groups excluding tert-OH is 1. The number of phenolic OH excluding ortho intramolecular Hbond substituents is 1. The number of aliphatic carboxylic acids is 1. The first-order chi connectivity index (χ1) is 7.56. The number of hydrogen-bond acceptors (Lipinski definition) is 4. The average Bonchev–Trinajstić information content (AvgIpc) is 2.27. The SMILES string of the molecule is [N-]=[N+]=NCc1cc(C(O)C(=O)O)ccc1O. The second kappa shape index (κ2) is 5.01. The van der Waals surface area contributed by atoms with Gasteiger partial charge in [0.1, 0.15) is 5.75 Å². The highest BCUT2D eigenvalue weighted by molar-refractivity contribution is 5.74. The second-order valence-electron chi connectivity index (χ2n) is 3.02. The first-order valence-electron chi connectivity index (χ1n) is 4.29. The minimum atomic E-state index is -1.66. The van der Waals surface area contributed by atoms with E-state index in [2.05, 4.69) is 10.0 Å². The lowest BCUT2D eigenvalue weighted by atomic mass is 10.1. The highest BCUT2D eigenvalue weighted by Crippen LogP contribution is 2.23. The minimum Gasteiger partial charge on any atom is -0.508 e. The molecule has 1 atom stereocenters. The first-order valence-corrected chi connectivity index (χ1v) is 4.29. The van der Waals surface area contributed by atoms with Crippen molar-refractivity contribution >= 4 is 5.97 Å². The van der Waals surface area contributed by atoms with E-state index < -0.39 is 12.1 Å². The van der Waals surface area contributed by atoms with Crippen LogP contribution in [0.25, 0.3) is 10.4 Å². The molecule has 84 valence electrons. The molecule has 0 aliphatic carbocycles. The zero-order valence-electron chi connectivity index (χ0n) is 8.11. The molecule has 0 amide bonds. The van der Waals surface area contributed by atoms with Gasteiger partial charge in [-0.15, -0.1) is 0 Å². The molecule has 0 aliphatic heterocycles. The number of aliphatic hydroxyl groups is 1. The fraction of sp³-hybridized carbons (Fsp3) is 0.222. The lowest BCUT2D eigenvalue weighted by Gasteiger charge is -2.08. The summed E-state index contributed by atoms with van der Waals surface area (Å²) in [5.74, 6) is -1.51. The molecule has 1 unspecified atom stereocenters. The summed E-state index contributed by atoms with van der Waals surface area (Å²) in [6.45, 7) is -0.109. The van der Waals surface area contributed by atoms with Crippen molar-refractivity contribution < 1.29 is 20.1 Å². The Hall–Kier alpha value is -2.24. The van der Waals surface area contributed by atoms with Gasteiger partial charge in [-0.25, -0.2) is 4.79 Å². The summed E-state index contributed by atoms with van der Waals surface area (Å²) in [6.07, 6.45) is -1.66. The van der Waals surface area contributed by atoms with Gasteiger partial charge in [-0.05, 0) is 23.2 Å². The van der Waals surface area contributed by atoms with Crippen molar-refractivity contribution in [2.45, 2.75) is 12.6 Å². The Bertz CT molecular complexity index is 454. The Morgan fingerprint density at radius 2 is 2.25 bits per heavy atom. The van der Waals surface area contributed by atoms with E-state index in [1.807, 2.05) is 0 Å². The molecule has 1 aromatic rings.